The van der Waals surface area contributed by atoms with Crippen molar-refractivity contribution in [2.45, 2.75) is 31.8 Å². The summed E-state index contributed by atoms with van der Waals surface area (Å²) in [4.78, 5) is 0. The minimum Gasteiger partial charge on any atom is -0.378 e. The predicted molar refractivity (Wildman–Crippen MR) is 75.5 cm³/mol. The monoisotopic (exact) mass is 283 g/mol. The van der Waals surface area contributed by atoms with E-state index < -0.39 is 15.6 Å². The van der Waals surface area contributed by atoms with Crippen LogP contribution in [0.25, 0.3) is 0 Å². The number of hydrogen-bond acceptors (Lipinski definition) is 3. The van der Waals surface area contributed by atoms with Crippen LogP contribution in [0.15, 0.2) is 30.3 Å². The van der Waals surface area contributed by atoms with Crippen molar-refractivity contribution in [1.29, 1.82) is 0 Å². The molecule has 5 heteroatoms. The summed E-state index contributed by atoms with van der Waals surface area (Å²) in [7, 11) is -3.25. The molecule has 19 heavy (non-hydrogen) atoms. The second-order valence-electron chi connectivity index (χ2n) is 5.73. The van der Waals surface area contributed by atoms with Crippen LogP contribution in [0, 0.1) is 0 Å². The maximum Gasteiger partial charge on any atom is 0.212 e. The number of morpholine rings is 1. The van der Waals surface area contributed by atoms with Crippen molar-refractivity contribution in [3.8, 4) is 0 Å². The predicted octanol–water partition coefficient (Wildman–Crippen LogP) is 1.67. The molecule has 0 amide bonds. The van der Waals surface area contributed by atoms with Gasteiger partial charge < -0.3 is 4.74 Å². The van der Waals surface area contributed by atoms with Gasteiger partial charge >= 0.3 is 0 Å². The summed E-state index contributed by atoms with van der Waals surface area (Å²) < 4.78 is 31.3. The Morgan fingerprint density at radius 1 is 1.32 bits per heavy atom. The molecular formula is C14H21NO3S. The zero-order chi connectivity index (χ0) is 14.1. The lowest BCUT2D eigenvalue weighted by molar-refractivity contribution is -0.0434. The first-order valence-corrected chi connectivity index (χ1v) is 8.27. The fourth-order valence-corrected chi connectivity index (χ4v) is 4.45. The summed E-state index contributed by atoms with van der Waals surface area (Å²) >= 11 is 0. The van der Waals surface area contributed by atoms with Crippen LogP contribution in [-0.2, 0) is 21.2 Å². The number of sulfonamides is 1. The molecule has 0 saturated carbocycles. The van der Waals surface area contributed by atoms with Gasteiger partial charge in [-0.3, -0.25) is 0 Å². The third-order valence-corrected chi connectivity index (χ3v) is 4.87. The maximum atomic E-state index is 12.1. The summed E-state index contributed by atoms with van der Waals surface area (Å²) in [5.41, 5.74) is 0.633. The van der Waals surface area contributed by atoms with Crippen LogP contribution in [0.2, 0.25) is 0 Å². The highest BCUT2D eigenvalue weighted by Crippen LogP contribution is 2.28. The van der Waals surface area contributed by atoms with E-state index in [9.17, 15) is 8.42 Å². The Balaban J connectivity index is 2.27. The smallest absolute Gasteiger partial charge is 0.212 e. The van der Waals surface area contributed by atoms with Gasteiger partial charge in [-0.2, -0.15) is 4.31 Å². The molecule has 0 spiro atoms. The van der Waals surface area contributed by atoms with Gasteiger partial charge in [0.15, 0.2) is 0 Å². The molecule has 0 aliphatic carbocycles. The Kier molecular flexibility index (Phi) is 3.99. The zero-order valence-corrected chi connectivity index (χ0v) is 12.5. The van der Waals surface area contributed by atoms with Crippen LogP contribution in [0.4, 0.5) is 0 Å². The van der Waals surface area contributed by atoms with Gasteiger partial charge in [0.25, 0.3) is 0 Å². The average molecular weight is 283 g/mol. The van der Waals surface area contributed by atoms with E-state index in [1.54, 1.807) is 4.31 Å². The van der Waals surface area contributed by atoms with E-state index in [1.165, 1.54) is 6.26 Å². The fourth-order valence-electron chi connectivity index (χ4n) is 2.82. The number of ether oxygens (including phenoxy) is 1. The van der Waals surface area contributed by atoms with Gasteiger partial charge in [0.05, 0.1) is 31.1 Å². The van der Waals surface area contributed by atoms with Crippen LogP contribution < -0.4 is 0 Å². The van der Waals surface area contributed by atoms with Crippen molar-refractivity contribution in [3.63, 3.8) is 0 Å². The SMILES string of the molecule is CC1(C)COCC(Cc2ccccc2)N1S(C)(=O)=O. The topological polar surface area (TPSA) is 46.6 Å². The van der Waals surface area contributed by atoms with Crippen LogP contribution in [-0.4, -0.2) is 43.8 Å². The van der Waals surface area contributed by atoms with Crippen LogP contribution in [0.1, 0.15) is 19.4 Å². The lowest BCUT2D eigenvalue weighted by atomic mass is 9.99. The van der Waals surface area contributed by atoms with Crippen molar-refractivity contribution < 1.29 is 13.2 Å². The van der Waals surface area contributed by atoms with Gasteiger partial charge in [0, 0.05) is 0 Å². The van der Waals surface area contributed by atoms with Crippen molar-refractivity contribution in [2.75, 3.05) is 19.5 Å². The Morgan fingerprint density at radius 3 is 2.53 bits per heavy atom. The molecule has 1 saturated heterocycles. The Morgan fingerprint density at radius 2 is 1.95 bits per heavy atom. The molecular weight excluding hydrogens is 262 g/mol. The van der Waals surface area contributed by atoms with E-state index in [-0.39, 0.29) is 6.04 Å². The molecule has 1 heterocycles. The van der Waals surface area contributed by atoms with Gasteiger partial charge in [0.1, 0.15) is 0 Å². The van der Waals surface area contributed by atoms with Crippen molar-refractivity contribution in [2.24, 2.45) is 0 Å². The number of benzene rings is 1. The molecule has 0 radical (unpaired) electrons. The summed E-state index contributed by atoms with van der Waals surface area (Å²) in [5.74, 6) is 0. The van der Waals surface area contributed by atoms with Crippen molar-refractivity contribution in [3.05, 3.63) is 35.9 Å². The minimum absolute atomic E-state index is 0.138. The summed E-state index contributed by atoms with van der Waals surface area (Å²) in [6, 6.07) is 9.79. The molecule has 1 aromatic carbocycles. The van der Waals surface area contributed by atoms with E-state index >= 15 is 0 Å². The van der Waals surface area contributed by atoms with E-state index in [4.69, 9.17) is 4.74 Å². The maximum absolute atomic E-state index is 12.1. The van der Waals surface area contributed by atoms with E-state index in [0.717, 1.165) is 5.56 Å². The standard InChI is InChI=1S/C14H21NO3S/c1-14(2)11-18-10-13(15(14)19(3,16)17)9-12-7-5-4-6-8-12/h4-8,13H,9-11H2,1-3H3. The van der Waals surface area contributed by atoms with Crippen LogP contribution >= 0.6 is 0 Å². The highest BCUT2D eigenvalue weighted by molar-refractivity contribution is 7.88. The molecule has 1 unspecified atom stereocenters. The lowest BCUT2D eigenvalue weighted by Crippen LogP contribution is -2.60. The number of nitrogens with zero attached hydrogens (tertiary/aromatic N) is 1. The zero-order valence-electron chi connectivity index (χ0n) is 11.7. The van der Waals surface area contributed by atoms with Gasteiger partial charge in [-0.15, -0.1) is 0 Å². The highest BCUT2D eigenvalue weighted by Gasteiger charge is 2.42. The third-order valence-electron chi connectivity index (χ3n) is 3.37. The second kappa shape index (κ2) is 5.23. The minimum atomic E-state index is -3.25. The summed E-state index contributed by atoms with van der Waals surface area (Å²) in [6.07, 6.45) is 1.95. The second-order valence-corrected chi connectivity index (χ2v) is 7.59. The third kappa shape index (κ3) is 3.35. The Bertz CT molecular complexity index is 525. The largest absolute Gasteiger partial charge is 0.378 e. The van der Waals surface area contributed by atoms with Gasteiger partial charge in [-0.25, -0.2) is 8.42 Å². The molecule has 0 aromatic heterocycles. The fraction of sp³-hybridized carbons (Fsp3) is 0.571. The van der Waals surface area contributed by atoms with E-state index in [0.29, 0.717) is 19.6 Å². The number of rotatable bonds is 3. The van der Waals surface area contributed by atoms with Crippen LogP contribution in [0.3, 0.4) is 0 Å². The summed E-state index contributed by atoms with van der Waals surface area (Å²) in [6.45, 7) is 4.70. The quantitative estimate of drug-likeness (QED) is 0.847. The lowest BCUT2D eigenvalue weighted by Gasteiger charge is -2.45. The molecule has 1 atom stereocenters. The highest BCUT2D eigenvalue weighted by atomic mass is 32.2. The molecule has 106 valence electrons. The average Bonchev–Trinajstić information content (AvgIpc) is 2.27. The van der Waals surface area contributed by atoms with Crippen LogP contribution in [0.5, 0.6) is 0 Å². The van der Waals surface area contributed by atoms with Gasteiger partial charge in [0.2, 0.25) is 10.0 Å². The number of hydrogen-bond donors (Lipinski definition) is 0. The molecule has 1 fully saturated rings. The molecule has 1 aliphatic rings. The molecule has 0 N–H and O–H groups in total. The van der Waals surface area contributed by atoms with Crippen molar-refractivity contribution in [1.82, 2.24) is 4.31 Å². The molecule has 2 rings (SSSR count). The molecule has 4 nitrogen and oxygen atoms in total. The first-order valence-electron chi connectivity index (χ1n) is 6.42. The van der Waals surface area contributed by atoms with Gasteiger partial charge in [-0.05, 0) is 25.8 Å². The van der Waals surface area contributed by atoms with Gasteiger partial charge in [-0.1, -0.05) is 30.3 Å². The molecule has 1 aromatic rings. The molecule has 0 bridgehead atoms. The van der Waals surface area contributed by atoms with Crippen molar-refractivity contribution >= 4 is 10.0 Å². The first-order chi connectivity index (χ1) is 8.81. The Hall–Kier alpha value is -0.910. The summed E-state index contributed by atoms with van der Waals surface area (Å²) in [5, 5.41) is 0. The van der Waals surface area contributed by atoms with E-state index in [2.05, 4.69) is 0 Å². The Labute approximate surface area is 115 Å². The first kappa shape index (κ1) is 14.5. The normalized spacial score (nSPS) is 24.3. The molecule has 1 aliphatic heterocycles. The van der Waals surface area contributed by atoms with E-state index in [1.807, 2.05) is 44.2 Å².